The van der Waals surface area contributed by atoms with Gasteiger partial charge in [-0.05, 0) is 53.6 Å². The zero-order valence-electron chi connectivity index (χ0n) is 19.9. The average Bonchev–Trinajstić information content (AvgIpc) is 2.94. The molecule has 0 heterocycles. The molecule has 0 N–H and O–H groups in total. The van der Waals surface area contributed by atoms with Gasteiger partial charge in [0, 0.05) is 12.5 Å². The first-order valence-corrected chi connectivity index (χ1v) is 11.7. The Labute approximate surface area is 214 Å². The number of benzene rings is 4. The number of carbonyl (C=O) groups excluding carboxylic acids is 3. The third-order valence-corrected chi connectivity index (χ3v) is 5.28. The van der Waals surface area contributed by atoms with Crippen molar-refractivity contribution in [2.24, 2.45) is 0 Å². The van der Waals surface area contributed by atoms with E-state index in [0.29, 0.717) is 23.1 Å². The summed E-state index contributed by atoms with van der Waals surface area (Å²) < 4.78 is 16.3. The van der Waals surface area contributed by atoms with Crippen LogP contribution in [0.1, 0.15) is 31.8 Å². The molecule has 0 unspecified atom stereocenters. The number of esters is 3. The van der Waals surface area contributed by atoms with Gasteiger partial charge in [-0.15, -0.1) is 0 Å². The Morgan fingerprint density at radius 2 is 1.16 bits per heavy atom. The maximum Gasteiger partial charge on any atom is 0.343 e. The molecule has 0 amide bonds. The Hall–Kier alpha value is -4.97. The van der Waals surface area contributed by atoms with Crippen molar-refractivity contribution in [2.45, 2.75) is 6.42 Å². The Balaban J connectivity index is 1.47. The largest absolute Gasteiger partial charge is 0.462 e. The highest BCUT2D eigenvalue weighted by molar-refractivity contribution is 5.93. The van der Waals surface area contributed by atoms with Crippen molar-refractivity contribution in [1.29, 1.82) is 0 Å². The van der Waals surface area contributed by atoms with E-state index in [4.69, 9.17) is 14.2 Å². The molecule has 4 rings (SSSR count). The van der Waals surface area contributed by atoms with E-state index in [-0.39, 0.29) is 18.1 Å². The average molecular weight is 493 g/mol. The molecule has 6 heteroatoms. The van der Waals surface area contributed by atoms with Gasteiger partial charge in [0.05, 0.1) is 17.7 Å². The topological polar surface area (TPSA) is 78.9 Å². The van der Waals surface area contributed by atoms with E-state index in [2.05, 4.69) is 0 Å². The standard InChI is InChI=1S/C31H24O6/c32-29(35-21-20-23-10-4-1-5-11-23)19-17-24-16-18-27(36-30(33)25-12-6-2-7-13-25)28(22-24)37-31(34)26-14-8-3-9-15-26/h1-19,22H,20-21H2/b19-17+. The summed E-state index contributed by atoms with van der Waals surface area (Å²) in [5.74, 6) is -1.60. The lowest BCUT2D eigenvalue weighted by molar-refractivity contribution is -0.137. The van der Waals surface area contributed by atoms with Gasteiger partial charge in [-0.1, -0.05) is 72.8 Å². The number of rotatable bonds is 9. The molecule has 0 aliphatic heterocycles. The van der Waals surface area contributed by atoms with Crippen LogP contribution in [0.5, 0.6) is 11.5 Å². The van der Waals surface area contributed by atoms with Crippen molar-refractivity contribution in [2.75, 3.05) is 6.61 Å². The monoisotopic (exact) mass is 492 g/mol. The molecule has 4 aromatic carbocycles. The zero-order valence-corrected chi connectivity index (χ0v) is 19.9. The molecular weight excluding hydrogens is 468 g/mol. The van der Waals surface area contributed by atoms with Crippen LogP contribution in [0.2, 0.25) is 0 Å². The molecule has 0 fully saturated rings. The predicted molar refractivity (Wildman–Crippen MR) is 139 cm³/mol. The van der Waals surface area contributed by atoms with Crippen LogP contribution in [0.15, 0.2) is 115 Å². The fraction of sp³-hybridized carbons (Fsp3) is 0.0645. The summed E-state index contributed by atoms with van der Waals surface area (Å²) in [6.07, 6.45) is 3.44. The van der Waals surface area contributed by atoms with E-state index < -0.39 is 17.9 Å². The van der Waals surface area contributed by atoms with E-state index in [1.54, 1.807) is 66.7 Å². The van der Waals surface area contributed by atoms with E-state index in [1.165, 1.54) is 24.3 Å². The highest BCUT2D eigenvalue weighted by atomic mass is 16.6. The quantitative estimate of drug-likeness (QED) is 0.164. The minimum Gasteiger partial charge on any atom is -0.462 e. The summed E-state index contributed by atoms with van der Waals surface area (Å²) in [6.45, 7) is 0.251. The number of hydrogen-bond donors (Lipinski definition) is 0. The van der Waals surface area contributed by atoms with Crippen LogP contribution in [0.25, 0.3) is 6.08 Å². The summed E-state index contributed by atoms with van der Waals surface area (Å²) in [7, 11) is 0. The van der Waals surface area contributed by atoms with Crippen LogP contribution in [0, 0.1) is 0 Å². The second-order valence-corrected chi connectivity index (χ2v) is 7.95. The number of ether oxygens (including phenoxy) is 3. The molecule has 0 saturated heterocycles. The van der Waals surface area contributed by atoms with Crippen molar-refractivity contribution in [1.82, 2.24) is 0 Å². The van der Waals surface area contributed by atoms with Gasteiger partial charge in [-0.3, -0.25) is 0 Å². The summed E-state index contributed by atoms with van der Waals surface area (Å²) >= 11 is 0. The second-order valence-electron chi connectivity index (χ2n) is 7.95. The third kappa shape index (κ3) is 7.50. The first-order chi connectivity index (χ1) is 18.1. The number of hydrogen-bond acceptors (Lipinski definition) is 6. The summed E-state index contributed by atoms with van der Waals surface area (Å²) in [5, 5.41) is 0. The molecule has 0 spiro atoms. The smallest absolute Gasteiger partial charge is 0.343 e. The van der Waals surface area contributed by atoms with E-state index in [9.17, 15) is 14.4 Å². The molecule has 0 atom stereocenters. The van der Waals surface area contributed by atoms with Crippen LogP contribution in [0.3, 0.4) is 0 Å². The Morgan fingerprint density at radius 3 is 1.76 bits per heavy atom. The molecule has 0 saturated carbocycles. The minimum atomic E-state index is -0.612. The Bertz CT molecular complexity index is 1380. The van der Waals surface area contributed by atoms with E-state index in [0.717, 1.165) is 5.56 Å². The van der Waals surface area contributed by atoms with Crippen LogP contribution in [-0.4, -0.2) is 24.5 Å². The fourth-order valence-electron chi connectivity index (χ4n) is 3.38. The molecule has 0 aromatic heterocycles. The first-order valence-electron chi connectivity index (χ1n) is 11.7. The second kappa shape index (κ2) is 12.7. The molecule has 0 aliphatic rings. The molecule has 37 heavy (non-hydrogen) atoms. The molecule has 0 bridgehead atoms. The van der Waals surface area contributed by atoms with E-state index in [1.807, 2.05) is 30.3 Å². The van der Waals surface area contributed by atoms with Gasteiger partial charge in [0.15, 0.2) is 11.5 Å². The van der Waals surface area contributed by atoms with Crippen LogP contribution in [0.4, 0.5) is 0 Å². The Morgan fingerprint density at radius 1 is 0.622 bits per heavy atom. The highest BCUT2D eigenvalue weighted by Crippen LogP contribution is 2.30. The maximum absolute atomic E-state index is 12.7. The normalized spacial score (nSPS) is 10.6. The minimum absolute atomic E-state index is 0.0396. The van der Waals surface area contributed by atoms with Crippen LogP contribution in [-0.2, 0) is 16.0 Å². The molecule has 4 aromatic rings. The summed E-state index contributed by atoms with van der Waals surface area (Å²) in [5.41, 5.74) is 2.32. The summed E-state index contributed by atoms with van der Waals surface area (Å²) in [6, 6.07) is 31.3. The van der Waals surface area contributed by atoms with Gasteiger partial charge in [0.25, 0.3) is 0 Å². The fourth-order valence-corrected chi connectivity index (χ4v) is 3.38. The van der Waals surface area contributed by atoms with Crippen molar-refractivity contribution in [3.05, 3.63) is 138 Å². The van der Waals surface area contributed by atoms with Gasteiger partial charge in [-0.25, -0.2) is 14.4 Å². The SMILES string of the molecule is O=C(/C=C/c1ccc(OC(=O)c2ccccc2)c(OC(=O)c2ccccc2)c1)OCCc1ccccc1. The zero-order chi connectivity index (χ0) is 25.9. The van der Waals surface area contributed by atoms with Gasteiger partial charge in [-0.2, -0.15) is 0 Å². The lowest BCUT2D eigenvalue weighted by Crippen LogP contribution is -2.12. The molecule has 184 valence electrons. The van der Waals surface area contributed by atoms with Crippen LogP contribution >= 0.6 is 0 Å². The van der Waals surface area contributed by atoms with Gasteiger partial charge >= 0.3 is 17.9 Å². The molecular formula is C31H24O6. The predicted octanol–water partition coefficient (Wildman–Crippen LogP) is 5.92. The molecule has 0 radical (unpaired) electrons. The third-order valence-electron chi connectivity index (χ3n) is 5.28. The van der Waals surface area contributed by atoms with E-state index >= 15 is 0 Å². The van der Waals surface area contributed by atoms with Crippen molar-refractivity contribution in [3.8, 4) is 11.5 Å². The maximum atomic E-state index is 12.7. The Kier molecular flexibility index (Phi) is 8.59. The van der Waals surface area contributed by atoms with Crippen LogP contribution < -0.4 is 9.47 Å². The lowest BCUT2D eigenvalue weighted by atomic mass is 10.1. The highest BCUT2D eigenvalue weighted by Gasteiger charge is 2.17. The number of carbonyl (C=O) groups is 3. The van der Waals surface area contributed by atoms with Gasteiger partial charge < -0.3 is 14.2 Å². The first kappa shape index (κ1) is 25.1. The van der Waals surface area contributed by atoms with Gasteiger partial charge in [0.1, 0.15) is 0 Å². The van der Waals surface area contributed by atoms with Crippen molar-refractivity contribution < 1.29 is 28.6 Å². The molecule has 6 nitrogen and oxygen atoms in total. The van der Waals surface area contributed by atoms with Crippen molar-refractivity contribution in [3.63, 3.8) is 0 Å². The van der Waals surface area contributed by atoms with Gasteiger partial charge in [0.2, 0.25) is 0 Å². The molecule has 0 aliphatic carbocycles. The van der Waals surface area contributed by atoms with Crippen molar-refractivity contribution >= 4 is 24.0 Å². The lowest BCUT2D eigenvalue weighted by Gasteiger charge is -2.12. The summed E-state index contributed by atoms with van der Waals surface area (Å²) in [4.78, 5) is 37.4.